The number of halogens is 1. The maximum absolute atomic E-state index is 13.8. The number of aromatic nitrogens is 6. The summed E-state index contributed by atoms with van der Waals surface area (Å²) in [7, 11) is -3.56. The second-order valence-electron chi connectivity index (χ2n) is 8.14. The number of hydrogen-bond acceptors (Lipinski definition) is 7. The van der Waals surface area contributed by atoms with E-state index in [1.54, 1.807) is 0 Å². The minimum absolute atomic E-state index is 0.272. The van der Waals surface area contributed by atoms with Gasteiger partial charge in [-0.3, -0.25) is 4.57 Å². The van der Waals surface area contributed by atoms with Crippen molar-refractivity contribution in [3.8, 4) is 22.5 Å². The Labute approximate surface area is 219 Å². The zero-order valence-electron chi connectivity index (χ0n) is 20.6. The highest BCUT2D eigenvalue weighted by Gasteiger charge is 2.35. The van der Waals surface area contributed by atoms with E-state index in [2.05, 4.69) is 67.7 Å². The first kappa shape index (κ1) is 26.4. The first-order chi connectivity index (χ1) is 17.5. The third kappa shape index (κ3) is 5.67. The van der Waals surface area contributed by atoms with E-state index in [9.17, 15) is 4.57 Å². The standard InChI is InChI=1S/C25H30BrN6O3P/c1-4-7-12-22-27-23(26)25(36(33,34-5-2)35-6-3)32(22)17-18-13-15-19(16-14-18)20-10-8-9-11-21(20)24-28-30-31-29-24/h8-11,13-16H,4-7,12,17H2,1-3H3,(H,28,29,30,31). The molecule has 1 N–H and O–H groups in total. The topological polar surface area (TPSA) is 108 Å². The van der Waals surface area contributed by atoms with Crippen LogP contribution in [-0.4, -0.2) is 43.4 Å². The average Bonchev–Trinajstić information content (AvgIpc) is 3.52. The molecule has 4 aromatic rings. The molecule has 4 rings (SSSR count). The summed E-state index contributed by atoms with van der Waals surface area (Å²) in [5, 5.41) is 14.5. The SMILES string of the molecule is CCCCc1nc(Br)c(P(=O)(OCC)OCC)n1Cc1ccc(-c2ccccc2-c2nn[nH]n2)cc1. The van der Waals surface area contributed by atoms with Crippen LogP contribution >= 0.6 is 23.5 Å². The number of rotatable bonds is 12. The van der Waals surface area contributed by atoms with E-state index in [0.29, 0.717) is 22.4 Å². The predicted octanol–water partition coefficient (Wildman–Crippen LogP) is 5.78. The largest absolute Gasteiger partial charge is 0.380 e. The highest BCUT2D eigenvalue weighted by molar-refractivity contribution is 9.10. The molecular formula is C25H30BrN6O3P. The maximum atomic E-state index is 13.8. The van der Waals surface area contributed by atoms with E-state index < -0.39 is 7.60 Å². The van der Waals surface area contributed by atoms with Crippen LogP contribution in [0.4, 0.5) is 0 Å². The van der Waals surface area contributed by atoms with E-state index in [0.717, 1.165) is 47.3 Å². The molecule has 11 heteroatoms. The van der Waals surface area contributed by atoms with Crippen molar-refractivity contribution >= 4 is 29.0 Å². The zero-order chi connectivity index (χ0) is 25.5. The summed E-state index contributed by atoms with van der Waals surface area (Å²) in [6, 6.07) is 16.2. The van der Waals surface area contributed by atoms with Gasteiger partial charge in [0.15, 0.2) is 5.44 Å². The van der Waals surface area contributed by atoms with Gasteiger partial charge in [-0.2, -0.15) is 5.21 Å². The van der Waals surface area contributed by atoms with Crippen molar-refractivity contribution in [2.75, 3.05) is 13.2 Å². The van der Waals surface area contributed by atoms with Crippen molar-refractivity contribution in [1.82, 2.24) is 30.2 Å². The van der Waals surface area contributed by atoms with Gasteiger partial charge in [-0.15, -0.1) is 10.2 Å². The molecule has 0 saturated heterocycles. The molecule has 0 aliphatic rings. The van der Waals surface area contributed by atoms with Gasteiger partial charge in [0, 0.05) is 18.5 Å². The summed E-state index contributed by atoms with van der Waals surface area (Å²) in [5.74, 6) is 1.40. The highest BCUT2D eigenvalue weighted by Crippen LogP contribution is 2.49. The number of aromatic amines is 1. The molecule has 0 bridgehead atoms. The number of H-pyrrole nitrogens is 1. The summed E-state index contributed by atoms with van der Waals surface area (Å²) in [6.07, 6.45) is 2.77. The molecule has 2 heterocycles. The number of imidazole rings is 1. The number of unbranched alkanes of at least 4 members (excludes halogenated alkanes) is 1. The molecule has 190 valence electrons. The summed E-state index contributed by atoms with van der Waals surface area (Å²) in [6.45, 7) is 6.79. The van der Waals surface area contributed by atoms with E-state index in [4.69, 9.17) is 14.0 Å². The van der Waals surface area contributed by atoms with Crippen LogP contribution in [0.2, 0.25) is 0 Å². The Balaban J connectivity index is 1.70. The lowest BCUT2D eigenvalue weighted by Gasteiger charge is -2.20. The maximum Gasteiger partial charge on any atom is 0.380 e. The molecule has 0 unspecified atom stereocenters. The number of hydrogen-bond donors (Lipinski definition) is 1. The fourth-order valence-electron chi connectivity index (χ4n) is 4.09. The lowest BCUT2D eigenvalue weighted by molar-refractivity contribution is 0.228. The molecule has 2 aromatic heterocycles. The van der Waals surface area contributed by atoms with Gasteiger partial charge in [0.05, 0.1) is 13.2 Å². The lowest BCUT2D eigenvalue weighted by Crippen LogP contribution is -2.23. The minimum atomic E-state index is -3.56. The Bertz CT molecular complexity index is 1310. The van der Waals surface area contributed by atoms with Crippen molar-refractivity contribution in [2.24, 2.45) is 0 Å². The number of benzene rings is 2. The summed E-state index contributed by atoms with van der Waals surface area (Å²) in [5.41, 5.74) is 4.45. The second-order valence-corrected chi connectivity index (χ2v) is 10.8. The normalized spacial score (nSPS) is 11.8. The predicted molar refractivity (Wildman–Crippen MR) is 143 cm³/mol. The Morgan fingerprint density at radius 1 is 1.00 bits per heavy atom. The van der Waals surface area contributed by atoms with Crippen LogP contribution in [-0.2, 0) is 26.6 Å². The van der Waals surface area contributed by atoms with E-state index in [1.165, 1.54) is 0 Å². The molecule has 36 heavy (non-hydrogen) atoms. The smallest absolute Gasteiger partial charge is 0.316 e. The molecule has 0 aliphatic carbocycles. The van der Waals surface area contributed by atoms with Crippen LogP contribution in [0.3, 0.4) is 0 Å². The Hall–Kier alpha value is -2.65. The lowest BCUT2D eigenvalue weighted by atomic mass is 9.98. The Morgan fingerprint density at radius 3 is 2.31 bits per heavy atom. The minimum Gasteiger partial charge on any atom is -0.316 e. The van der Waals surface area contributed by atoms with Crippen LogP contribution in [0.1, 0.15) is 45.0 Å². The molecule has 0 spiro atoms. The van der Waals surface area contributed by atoms with E-state index in [1.807, 2.05) is 42.7 Å². The number of aryl methyl sites for hydroxylation is 1. The average molecular weight is 573 g/mol. The van der Waals surface area contributed by atoms with Gasteiger partial charge in [0.1, 0.15) is 10.4 Å². The number of nitrogens with one attached hydrogen (secondary N) is 1. The van der Waals surface area contributed by atoms with Crippen LogP contribution in [0.25, 0.3) is 22.5 Å². The molecule has 0 fully saturated rings. The number of tetrazole rings is 1. The van der Waals surface area contributed by atoms with Crippen molar-refractivity contribution < 1.29 is 13.6 Å². The van der Waals surface area contributed by atoms with Gasteiger partial charge in [0.2, 0.25) is 5.82 Å². The monoisotopic (exact) mass is 572 g/mol. The summed E-state index contributed by atoms with van der Waals surface area (Å²) in [4.78, 5) is 4.70. The third-order valence-electron chi connectivity index (χ3n) is 5.71. The van der Waals surface area contributed by atoms with Crippen LogP contribution in [0.15, 0.2) is 53.1 Å². The molecule has 0 radical (unpaired) electrons. The quantitative estimate of drug-likeness (QED) is 0.214. The fraction of sp³-hybridized carbons (Fsp3) is 0.360. The van der Waals surface area contributed by atoms with Gasteiger partial charge in [-0.05, 0) is 58.1 Å². The van der Waals surface area contributed by atoms with Gasteiger partial charge < -0.3 is 13.6 Å². The van der Waals surface area contributed by atoms with E-state index in [-0.39, 0.29) is 13.2 Å². The van der Waals surface area contributed by atoms with Crippen LogP contribution in [0, 0.1) is 0 Å². The fourth-order valence-corrected chi connectivity index (χ4v) is 6.91. The third-order valence-corrected chi connectivity index (χ3v) is 8.74. The van der Waals surface area contributed by atoms with Crippen molar-refractivity contribution in [1.29, 1.82) is 0 Å². The van der Waals surface area contributed by atoms with Gasteiger partial charge in [-0.1, -0.05) is 61.9 Å². The molecule has 0 aliphatic heterocycles. The van der Waals surface area contributed by atoms with Crippen LogP contribution in [0.5, 0.6) is 0 Å². The second kappa shape index (κ2) is 12.1. The molecule has 9 nitrogen and oxygen atoms in total. The number of nitrogens with zero attached hydrogens (tertiary/aromatic N) is 5. The molecule has 0 atom stereocenters. The molecule has 0 amide bonds. The van der Waals surface area contributed by atoms with Crippen molar-refractivity contribution in [3.05, 3.63) is 64.5 Å². The first-order valence-electron chi connectivity index (χ1n) is 12.1. The summed E-state index contributed by atoms with van der Waals surface area (Å²) < 4.78 is 27.6. The zero-order valence-corrected chi connectivity index (χ0v) is 23.1. The molecule has 0 saturated carbocycles. The molecule has 2 aromatic carbocycles. The Kier molecular flexibility index (Phi) is 8.85. The van der Waals surface area contributed by atoms with Crippen molar-refractivity contribution in [2.45, 2.75) is 46.6 Å². The van der Waals surface area contributed by atoms with Crippen molar-refractivity contribution in [3.63, 3.8) is 0 Å². The van der Waals surface area contributed by atoms with Gasteiger partial charge in [0.25, 0.3) is 0 Å². The van der Waals surface area contributed by atoms with Gasteiger partial charge in [-0.25, -0.2) is 4.98 Å². The van der Waals surface area contributed by atoms with E-state index >= 15 is 0 Å². The first-order valence-corrected chi connectivity index (χ1v) is 14.4. The molecular weight excluding hydrogens is 543 g/mol. The highest BCUT2D eigenvalue weighted by atomic mass is 79.9. The van der Waals surface area contributed by atoms with Gasteiger partial charge >= 0.3 is 7.60 Å². The summed E-state index contributed by atoms with van der Waals surface area (Å²) >= 11 is 3.53. The van der Waals surface area contributed by atoms with Crippen LogP contribution < -0.4 is 5.44 Å². The Morgan fingerprint density at radius 2 is 1.69 bits per heavy atom.